The Labute approximate surface area is 122 Å². The van der Waals surface area contributed by atoms with Crippen molar-refractivity contribution in [3.8, 4) is 0 Å². The maximum absolute atomic E-state index is 12.5. The molecule has 1 heterocycles. The van der Waals surface area contributed by atoms with E-state index in [0.717, 1.165) is 24.4 Å². The number of anilines is 2. The summed E-state index contributed by atoms with van der Waals surface area (Å²) in [6.07, 6.45) is 2.83. The zero-order valence-electron chi connectivity index (χ0n) is 11.8. The third-order valence-corrected chi connectivity index (χ3v) is 4.52. The minimum Gasteiger partial charge on any atom is -0.611 e. The number of hydrogen-bond acceptors (Lipinski definition) is 4. The highest BCUT2D eigenvalue weighted by atomic mass is 32.2. The lowest BCUT2D eigenvalue weighted by Gasteiger charge is -2.13. The maximum atomic E-state index is 12.5. The molecule has 0 saturated heterocycles. The number of imidazole rings is 1. The van der Waals surface area contributed by atoms with Crippen LogP contribution in [0, 0.1) is 6.92 Å². The van der Waals surface area contributed by atoms with Gasteiger partial charge in [-0.1, -0.05) is 6.92 Å². The molecule has 0 bridgehead atoms. The zero-order valence-corrected chi connectivity index (χ0v) is 12.6. The van der Waals surface area contributed by atoms with Gasteiger partial charge in [0.15, 0.2) is 10.6 Å². The number of aryl methyl sites for hydroxylation is 2. The summed E-state index contributed by atoms with van der Waals surface area (Å²) in [7, 11) is 0. The van der Waals surface area contributed by atoms with Gasteiger partial charge >= 0.3 is 0 Å². The predicted octanol–water partition coefficient (Wildman–Crippen LogP) is 2.07. The first kappa shape index (κ1) is 14.7. The molecule has 1 aromatic carbocycles. The summed E-state index contributed by atoms with van der Waals surface area (Å²) in [5.74, 6) is 0.440. The van der Waals surface area contributed by atoms with Crippen LogP contribution >= 0.6 is 0 Å². The van der Waals surface area contributed by atoms with E-state index in [-0.39, 0.29) is 0 Å². The highest BCUT2D eigenvalue weighted by Gasteiger charge is 2.18. The Balaban J connectivity index is 2.20. The lowest BCUT2D eigenvalue weighted by Crippen LogP contribution is -2.11. The van der Waals surface area contributed by atoms with Crippen LogP contribution in [-0.2, 0) is 23.5 Å². The van der Waals surface area contributed by atoms with Gasteiger partial charge in [-0.2, -0.15) is 0 Å². The van der Waals surface area contributed by atoms with Crippen molar-refractivity contribution in [3.63, 3.8) is 0 Å². The standard InChI is InChI=1S/C14H20N4OS/c1-3-6-18-9-17-10(2)14(18)8-20(19)11-4-5-12(15)13(16)7-11/h4-5,7,9H,3,6,8,15-16H2,1-2H3. The van der Waals surface area contributed by atoms with Gasteiger partial charge in [-0.3, -0.25) is 0 Å². The molecule has 20 heavy (non-hydrogen) atoms. The Morgan fingerprint density at radius 2 is 2.05 bits per heavy atom. The third kappa shape index (κ3) is 3.08. The van der Waals surface area contributed by atoms with Crippen LogP contribution in [0.25, 0.3) is 0 Å². The first-order chi connectivity index (χ1) is 9.52. The van der Waals surface area contributed by atoms with Crippen molar-refractivity contribution >= 4 is 22.6 Å². The van der Waals surface area contributed by atoms with Crippen molar-refractivity contribution in [3.05, 3.63) is 35.9 Å². The van der Waals surface area contributed by atoms with Gasteiger partial charge in [0.05, 0.1) is 29.1 Å². The van der Waals surface area contributed by atoms with E-state index >= 15 is 0 Å². The molecule has 108 valence electrons. The number of nitrogens with zero attached hydrogens (tertiary/aromatic N) is 2. The second kappa shape index (κ2) is 6.19. The Hall–Kier alpha value is -1.66. The van der Waals surface area contributed by atoms with Crippen molar-refractivity contribution < 1.29 is 4.55 Å². The van der Waals surface area contributed by atoms with Gasteiger partial charge in [0.25, 0.3) is 0 Å². The fourth-order valence-electron chi connectivity index (χ4n) is 2.03. The summed E-state index contributed by atoms with van der Waals surface area (Å²) in [4.78, 5) is 4.99. The van der Waals surface area contributed by atoms with Crippen molar-refractivity contribution in [1.82, 2.24) is 9.55 Å². The summed E-state index contributed by atoms with van der Waals surface area (Å²) in [5.41, 5.74) is 14.4. The maximum Gasteiger partial charge on any atom is 0.155 e. The lowest BCUT2D eigenvalue weighted by molar-refractivity contribution is 0.588. The lowest BCUT2D eigenvalue weighted by atomic mass is 10.3. The van der Waals surface area contributed by atoms with Crippen LogP contribution in [0.5, 0.6) is 0 Å². The number of hydrogen-bond donors (Lipinski definition) is 2. The van der Waals surface area contributed by atoms with E-state index in [2.05, 4.69) is 16.5 Å². The molecule has 0 spiro atoms. The van der Waals surface area contributed by atoms with Gasteiger partial charge in [0, 0.05) is 12.6 Å². The van der Waals surface area contributed by atoms with E-state index in [1.165, 1.54) is 0 Å². The molecule has 2 aromatic rings. The zero-order chi connectivity index (χ0) is 14.7. The monoisotopic (exact) mass is 292 g/mol. The van der Waals surface area contributed by atoms with Crippen molar-refractivity contribution in [1.29, 1.82) is 0 Å². The Morgan fingerprint density at radius 3 is 2.70 bits per heavy atom. The number of rotatable bonds is 5. The summed E-state index contributed by atoms with van der Waals surface area (Å²) in [6.45, 7) is 4.93. The van der Waals surface area contributed by atoms with Gasteiger partial charge in [0.1, 0.15) is 0 Å². The van der Waals surface area contributed by atoms with E-state index in [9.17, 15) is 4.55 Å². The molecule has 6 heteroatoms. The highest BCUT2D eigenvalue weighted by Crippen LogP contribution is 2.23. The largest absolute Gasteiger partial charge is 0.611 e. The average molecular weight is 292 g/mol. The smallest absolute Gasteiger partial charge is 0.155 e. The van der Waals surface area contributed by atoms with Crippen LogP contribution in [0.3, 0.4) is 0 Å². The topological polar surface area (TPSA) is 92.9 Å². The number of benzene rings is 1. The van der Waals surface area contributed by atoms with E-state index in [1.807, 2.05) is 13.3 Å². The van der Waals surface area contributed by atoms with Crippen molar-refractivity contribution in [2.75, 3.05) is 11.5 Å². The summed E-state index contributed by atoms with van der Waals surface area (Å²) >= 11 is -1.15. The molecule has 0 aliphatic rings. The first-order valence-electron chi connectivity index (χ1n) is 6.57. The average Bonchev–Trinajstić information content (AvgIpc) is 2.75. The molecule has 0 radical (unpaired) electrons. The number of nitrogens with two attached hydrogens (primary N) is 2. The summed E-state index contributed by atoms with van der Waals surface area (Å²) in [5, 5.41) is 0. The molecular formula is C14H20N4OS. The SMILES string of the molecule is CCCn1cnc(C)c1C[S+]([O-])c1ccc(N)c(N)c1. The second-order valence-electron chi connectivity index (χ2n) is 4.75. The molecule has 1 aromatic heterocycles. The van der Waals surface area contributed by atoms with E-state index in [0.29, 0.717) is 22.0 Å². The van der Waals surface area contributed by atoms with E-state index in [1.54, 1.807) is 18.2 Å². The summed E-state index contributed by atoms with van der Waals surface area (Å²) in [6, 6.07) is 5.14. The molecule has 0 aliphatic carbocycles. The van der Waals surface area contributed by atoms with Crippen LogP contribution in [0.15, 0.2) is 29.4 Å². The van der Waals surface area contributed by atoms with Gasteiger partial charge in [-0.05, 0) is 36.7 Å². The van der Waals surface area contributed by atoms with Gasteiger partial charge in [-0.25, -0.2) is 4.98 Å². The van der Waals surface area contributed by atoms with Crippen LogP contribution in [0.4, 0.5) is 11.4 Å². The molecule has 4 N–H and O–H groups in total. The van der Waals surface area contributed by atoms with Crippen LogP contribution < -0.4 is 11.5 Å². The van der Waals surface area contributed by atoms with Gasteiger partial charge < -0.3 is 20.6 Å². The van der Waals surface area contributed by atoms with Gasteiger partial charge in [-0.15, -0.1) is 0 Å². The van der Waals surface area contributed by atoms with Crippen molar-refractivity contribution in [2.24, 2.45) is 0 Å². The van der Waals surface area contributed by atoms with E-state index < -0.39 is 11.2 Å². The van der Waals surface area contributed by atoms with E-state index in [4.69, 9.17) is 11.5 Å². The Bertz CT molecular complexity index is 597. The normalized spacial score (nSPS) is 12.6. The molecular weight excluding hydrogens is 272 g/mol. The molecule has 0 saturated carbocycles. The Kier molecular flexibility index (Phi) is 4.57. The Morgan fingerprint density at radius 1 is 1.30 bits per heavy atom. The quantitative estimate of drug-likeness (QED) is 0.651. The third-order valence-electron chi connectivity index (χ3n) is 3.21. The number of nitrogen functional groups attached to an aromatic ring is 2. The molecule has 1 unspecified atom stereocenters. The minimum atomic E-state index is -1.15. The highest BCUT2D eigenvalue weighted by molar-refractivity contribution is 7.90. The fraction of sp³-hybridized carbons (Fsp3) is 0.357. The predicted molar refractivity (Wildman–Crippen MR) is 82.6 cm³/mol. The van der Waals surface area contributed by atoms with Crippen molar-refractivity contribution in [2.45, 2.75) is 37.5 Å². The van der Waals surface area contributed by atoms with Gasteiger partial charge in [0.2, 0.25) is 0 Å². The van der Waals surface area contributed by atoms with Crippen LogP contribution in [-0.4, -0.2) is 14.1 Å². The molecule has 0 amide bonds. The van der Waals surface area contributed by atoms with Crippen LogP contribution in [0.2, 0.25) is 0 Å². The first-order valence-corrected chi connectivity index (χ1v) is 7.88. The molecule has 2 rings (SSSR count). The molecule has 5 nitrogen and oxygen atoms in total. The number of aromatic nitrogens is 2. The molecule has 0 fully saturated rings. The van der Waals surface area contributed by atoms with Crippen LogP contribution in [0.1, 0.15) is 24.7 Å². The fourth-order valence-corrected chi connectivity index (χ4v) is 3.30. The minimum absolute atomic E-state index is 0.440. The second-order valence-corrected chi connectivity index (χ2v) is 6.20. The summed E-state index contributed by atoms with van der Waals surface area (Å²) < 4.78 is 14.5. The molecule has 1 atom stereocenters. The molecule has 0 aliphatic heterocycles.